The van der Waals surface area contributed by atoms with Crippen LogP contribution in [0.3, 0.4) is 0 Å². The summed E-state index contributed by atoms with van der Waals surface area (Å²) < 4.78 is 11.4. The molecule has 0 unspecified atom stereocenters. The summed E-state index contributed by atoms with van der Waals surface area (Å²) in [4.78, 5) is 0. The van der Waals surface area contributed by atoms with Gasteiger partial charge in [-0.25, -0.2) is 0 Å². The lowest BCUT2D eigenvalue weighted by Gasteiger charge is -2.19. The lowest BCUT2D eigenvalue weighted by atomic mass is 10.1. The Bertz CT molecular complexity index is 156. The smallest absolute Gasteiger partial charge is 0.161 e. The Morgan fingerprint density at radius 1 is 1.00 bits per heavy atom. The summed E-state index contributed by atoms with van der Waals surface area (Å²) in [7, 11) is 0. The van der Waals surface area contributed by atoms with Gasteiger partial charge < -0.3 is 9.47 Å². The maximum Gasteiger partial charge on any atom is 0.161 e. The molecule has 0 atom stereocenters. The monoisotopic (exact) mass is 228 g/mol. The van der Waals surface area contributed by atoms with Crippen LogP contribution in [0.4, 0.5) is 0 Å². The van der Waals surface area contributed by atoms with E-state index >= 15 is 0 Å². The second-order valence-corrected chi connectivity index (χ2v) is 4.19. The summed E-state index contributed by atoms with van der Waals surface area (Å²) in [5.41, 5.74) is 1.21. The molecule has 0 spiro atoms. The molecule has 0 aliphatic heterocycles. The molecule has 0 saturated heterocycles. The lowest BCUT2D eigenvalue weighted by Crippen LogP contribution is -2.19. The standard InChI is InChI=1S/C14H28O2/c1-5-8-10-15-14(12-13(4)7-3)16-11-9-6-2/h14H,4-12H2,1-3H3. The van der Waals surface area contributed by atoms with E-state index in [0.29, 0.717) is 0 Å². The van der Waals surface area contributed by atoms with Crippen LogP contribution in [0, 0.1) is 0 Å². The molecule has 0 N–H and O–H groups in total. The number of rotatable bonds is 11. The number of hydrogen-bond donors (Lipinski definition) is 0. The van der Waals surface area contributed by atoms with Crippen molar-refractivity contribution in [3.05, 3.63) is 12.2 Å². The van der Waals surface area contributed by atoms with Gasteiger partial charge in [0.2, 0.25) is 0 Å². The van der Waals surface area contributed by atoms with E-state index in [2.05, 4.69) is 27.4 Å². The Morgan fingerprint density at radius 3 is 1.88 bits per heavy atom. The van der Waals surface area contributed by atoms with Crippen LogP contribution in [0.2, 0.25) is 0 Å². The van der Waals surface area contributed by atoms with Crippen molar-refractivity contribution in [2.45, 2.75) is 65.6 Å². The highest BCUT2D eigenvalue weighted by molar-refractivity contribution is 4.93. The SMILES string of the molecule is C=C(CC)CC(OCCCC)OCCCC. The van der Waals surface area contributed by atoms with Crippen LogP contribution in [0.5, 0.6) is 0 Å². The summed E-state index contributed by atoms with van der Waals surface area (Å²) in [5, 5.41) is 0. The highest BCUT2D eigenvalue weighted by atomic mass is 16.7. The second-order valence-electron chi connectivity index (χ2n) is 4.19. The van der Waals surface area contributed by atoms with Crippen molar-refractivity contribution in [3.63, 3.8) is 0 Å². The molecule has 0 saturated carbocycles. The van der Waals surface area contributed by atoms with Crippen LogP contribution in [0.25, 0.3) is 0 Å². The highest BCUT2D eigenvalue weighted by Crippen LogP contribution is 2.12. The Hall–Kier alpha value is -0.340. The van der Waals surface area contributed by atoms with E-state index < -0.39 is 0 Å². The maximum atomic E-state index is 5.72. The molecule has 2 nitrogen and oxygen atoms in total. The maximum absolute atomic E-state index is 5.72. The van der Waals surface area contributed by atoms with Crippen molar-refractivity contribution < 1.29 is 9.47 Å². The third kappa shape index (κ3) is 8.93. The van der Waals surface area contributed by atoms with Gasteiger partial charge in [0.1, 0.15) is 0 Å². The van der Waals surface area contributed by atoms with Crippen molar-refractivity contribution >= 4 is 0 Å². The molecule has 0 radical (unpaired) electrons. The van der Waals surface area contributed by atoms with E-state index in [9.17, 15) is 0 Å². The predicted octanol–water partition coefficient (Wildman–Crippen LogP) is 4.30. The van der Waals surface area contributed by atoms with Crippen molar-refractivity contribution in [2.75, 3.05) is 13.2 Å². The minimum Gasteiger partial charge on any atom is -0.352 e. The van der Waals surface area contributed by atoms with Gasteiger partial charge in [-0.05, 0) is 19.3 Å². The van der Waals surface area contributed by atoms with Gasteiger partial charge >= 0.3 is 0 Å². The fraction of sp³-hybridized carbons (Fsp3) is 0.857. The van der Waals surface area contributed by atoms with Crippen molar-refractivity contribution in [2.24, 2.45) is 0 Å². The molecule has 0 bridgehead atoms. The van der Waals surface area contributed by atoms with E-state index in [1.54, 1.807) is 0 Å². The minimum absolute atomic E-state index is 0.0782. The van der Waals surface area contributed by atoms with Gasteiger partial charge in [0.15, 0.2) is 6.29 Å². The van der Waals surface area contributed by atoms with E-state index in [4.69, 9.17) is 9.47 Å². The molecular weight excluding hydrogens is 200 g/mol. The van der Waals surface area contributed by atoms with Crippen LogP contribution < -0.4 is 0 Å². The minimum atomic E-state index is -0.0782. The van der Waals surface area contributed by atoms with Crippen molar-refractivity contribution in [3.8, 4) is 0 Å². The molecule has 0 amide bonds. The zero-order valence-electron chi connectivity index (χ0n) is 11.3. The first-order chi connectivity index (χ1) is 7.74. The molecule has 0 aromatic carbocycles. The summed E-state index contributed by atoms with van der Waals surface area (Å²) in [5.74, 6) is 0. The molecule has 96 valence electrons. The highest BCUT2D eigenvalue weighted by Gasteiger charge is 2.10. The third-order valence-electron chi connectivity index (χ3n) is 2.56. The van der Waals surface area contributed by atoms with Crippen LogP contribution >= 0.6 is 0 Å². The number of hydrogen-bond acceptors (Lipinski definition) is 2. The Labute approximate surface area is 101 Å². The Morgan fingerprint density at radius 2 is 1.50 bits per heavy atom. The van der Waals surface area contributed by atoms with E-state index in [1.807, 2.05) is 0 Å². The second kappa shape index (κ2) is 11.2. The van der Waals surface area contributed by atoms with Gasteiger partial charge in [0, 0.05) is 19.6 Å². The molecule has 2 heteroatoms. The van der Waals surface area contributed by atoms with E-state index in [1.165, 1.54) is 5.57 Å². The summed E-state index contributed by atoms with van der Waals surface area (Å²) >= 11 is 0. The summed E-state index contributed by atoms with van der Waals surface area (Å²) in [6.45, 7) is 12.1. The average Bonchev–Trinajstić information content (AvgIpc) is 2.29. The van der Waals surface area contributed by atoms with E-state index in [-0.39, 0.29) is 6.29 Å². The molecule has 0 aliphatic rings. The molecule has 0 rings (SSSR count). The zero-order valence-corrected chi connectivity index (χ0v) is 11.3. The van der Waals surface area contributed by atoms with Gasteiger partial charge in [-0.1, -0.05) is 45.8 Å². The van der Waals surface area contributed by atoms with Crippen molar-refractivity contribution in [1.29, 1.82) is 0 Å². The third-order valence-corrected chi connectivity index (χ3v) is 2.56. The molecular formula is C14H28O2. The number of unbranched alkanes of at least 4 members (excludes halogenated alkanes) is 2. The lowest BCUT2D eigenvalue weighted by molar-refractivity contribution is -0.142. The van der Waals surface area contributed by atoms with Crippen LogP contribution in [0.1, 0.15) is 59.3 Å². The van der Waals surface area contributed by atoms with Gasteiger partial charge in [-0.3, -0.25) is 0 Å². The quantitative estimate of drug-likeness (QED) is 0.298. The van der Waals surface area contributed by atoms with E-state index in [0.717, 1.165) is 51.7 Å². The number of ether oxygens (including phenoxy) is 2. The average molecular weight is 228 g/mol. The Kier molecular flexibility index (Phi) is 10.9. The fourth-order valence-electron chi connectivity index (χ4n) is 1.26. The normalized spacial score (nSPS) is 11.0. The molecule has 0 heterocycles. The zero-order chi connectivity index (χ0) is 12.2. The summed E-state index contributed by atoms with van der Waals surface area (Å²) in [6.07, 6.45) is 6.30. The molecule has 0 aliphatic carbocycles. The first-order valence-electron chi connectivity index (χ1n) is 6.64. The largest absolute Gasteiger partial charge is 0.352 e. The van der Waals surface area contributed by atoms with Gasteiger partial charge in [0.05, 0.1) is 0 Å². The van der Waals surface area contributed by atoms with Crippen LogP contribution in [-0.4, -0.2) is 19.5 Å². The van der Waals surface area contributed by atoms with Gasteiger partial charge in [-0.2, -0.15) is 0 Å². The first-order valence-corrected chi connectivity index (χ1v) is 6.64. The van der Waals surface area contributed by atoms with Crippen LogP contribution in [0.15, 0.2) is 12.2 Å². The first kappa shape index (κ1) is 15.7. The molecule has 0 aromatic rings. The van der Waals surface area contributed by atoms with Crippen molar-refractivity contribution in [1.82, 2.24) is 0 Å². The molecule has 16 heavy (non-hydrogen) atoms. The van der Waals surface area contributed by atoms with Crippen LogP contribution in [-0.2, 0) is 9.47 Å². The topological polar surface area (TPSA) is 18.5 Å². The summed E-state index contributed by atoms with van der Waals surface area (Å²) in [6, 6.07) is 0. The molecule has 0 aromatic heterocycles. The predicted molar refractivity (Wildman–Crippen MR) is 69.6 cm³/mol. The fourth-order valence-corrected chi connectivity index (χ4v) is 1.26. The van der Waals surface area contributed by atoms with Gasteiger partial charge in [0.25, 0.3) is 0 Å². The Balaban J connectivity index is 3.80. The van der Waals surface area contributed by atoms with Gasteiger partial charge in [-0.15, -0.1) is 0 Å². The molecule has 0 fully saturated rings.